The maximum absolute atomic E-state index is 10.1. The fourth-order valence-corrected chi connectivity index (χ4v) is 2.65. The number of hydrogen-bond acceptors (Lipinski definition) is 3. The number of rotatable bonds is 2. The topological polar surface area (TPSA) is 32.3 Å². The van der Waals surface area contributed by atoms with Gasteiger partial charge < -0.3 is 10.4 Å². The summed E-state index contributed by atoms with van der Waals surface area (Å²) < 4.78 is 0. The SMILES string of the molecule is OC(c1ccccc1)C1CSCCN1. The molecule has 2 N–H and O–H groups in total. The van der Waals surface area contributed by atoms with Crippen molar-refractivity contribution in [2.24, 2.45) is 0 Å². The molecule has 0 aromatic heterocycles. The minimum atomic E-state index is -0.371. The zero-order valence-electron chi connectivity index (χ0n) is 8.02. The van der Waals surface area contributed by atoms with E-state index in [1.54, 1.807) is 0 Å². The van der Waals surface area contributed by atoms with Gasteiger partial charge in [0.2, 0.25) is 0 Å². The normalized spacial score (nSPS) is 24.5. The van der Waals surface area contributed by atoms with Gasteiger partial charge in [0.25, 0.3) is 0 Å². The molecule has 2 atom stereocenters. The van der Waals surface area contributed by atoms with E-state index in [-0.39, 0.29) is 12.1 Å². The molecule has 0 spiro atoms. The molecule has 0 amide bonds. The molecule has 2 rings (SSSR count). The highest BCUT2D eigenvalue weighted by Crippen LogP contribution is 2.21. The summed E-state index contributed by atoms with van der Waals surface area (Å²) in [5.74, 6) is 2.15. The second-order valence-electron chi connectivity index (χ2n) is 3.49. The molecule has 0 saturated carbocycles. The summed E-state index contributed by atoms with van der Waals surface area (Å²) in [5.41, 5.74) is 1.01. The molecule has 0 bridgehead atoms. The summed E-state index contributed by atoms with van der Waals surface area (Å²) in [6, 6.07) is 10.1. The van der Waals surface area contributed by atoms with Gasteiger partial charge in [-0.3, -0.25) is 0 Å². The highest BCUT2D eigenvalue weighted by molar-refractivity contribution is 7.99. The number of nitrogens with one attached hydrogen (secondary N) is 1. The first-order valence-electron chi connectivity index (χ1n) is 4.92. The van der Waals surface area contributed by atoms with Crippen LogP contribution in [-0.4, -0.2) is 29.2 Å². The smallest absolute Gasteiger partial charge is 0.0951 e. The third-order valence-corrected chi connectivity index (χ3v) is 3.56. The predicted molar refractivity (Wildman–Crippen MR) is 60.5 cm³/mol. The predicted octanol–water partition coefficient (Wildman–Crippen LogP) is 1.43. The lowest BCUT2D eigenvalue weighted by Gasteiger charge is -2.27. The number of aliphatic hydroxyl groups excluding tert-OH is 1. The van der Waals surface area contributed by atoms with Crippen LogP contribution in [0.15, 0.2) is 30.3 Å². The molecule has 2 nitrogen and oxygen atoms in total. The highest BCUT2D eigenvalue weighted by atomic mass is 32.2. The maximum atomic E-state index is 10.1. The van der Waals surface area contributed by atoms with E-state index in [9.17, 15) is 5.11 Å². The summed E-state index contributed by atoms with van der Waals surface area (Å²) in [4.78, 5) is 0. The van der Waals surface area contributed by atoms with Crippen LogP contribution in [0.2, 0.25) is 0 Å². The third kappa shape index (κ3) is 2.29. The fraction of sp³-hybridized carbons (Fsp3) is 0.455. The van der Waals surface area contributed by atoms with Gasteiger partial charge in [0.05, 0.1) is 6.10 Å². The molecule has 3 heteroatoms. The van der Waals surface area contributed by atoms with Crippen molar-refractivity contribution >= 4 is 11.8 Å². The van der Waals surface area contributed by atoms with Crippen molar-refractivity contribution in [3.05, 3.63) is 35.9 Å². The molecule has 1 aromatic rings. The lowest BCUT2D eigenvalue weighted by Crippen LogP contribution is -2.41. The molecule has 2 unspecified atom stereocenters. The van der Waals surface area contributed by atoms with Crippen LogP contribution in [-0.2, 0) is 0 Å². The quantitative estimate of drug-likeness (QED) is 0.773. The van der Waals surface area contributed by atoms with Gasteiger partial charge in [0.1, 0.15) is 0 Å². The number of thioether (sulfide) groups is 1. The van der Waals surface area contributed by atoms with Gasteiger partial charge in [-0.25, -0.2) is 0 Å². The molecule has 0 aliphatic carbocycles. The average Bonchev–Trinajstić information content (AvgIpc) is 2.30. The van der Waals surface area contributed by atoms with Gasteiger partial charge in [0.15, 0.2) is 0 Å². The Morgan fingerprint density at radius 3 is 2.79 bits per heavy atom. The Balaban J connectivity index is 2.03. The molecule has 1 aliphatic rings. The van der Waals surface area contributed by atoms with Gasteiger partial charge in [-0.2, -0.15) is 11.8 Å². The summed E-state index contributed by atoms with van der Waals surface area (Å²) in [7, 11) is 0. The van der Waals surface area contributed by atoms with E-state index in [0.717, 1.165) is 23.6 Å². The van der Waals surface area contributed by atoms with Crippen molar-refractivity contribution in [2.75, 3.05) is 18.1 Å². The van der Waals surface area contributed by atoms with Gasteiger partial charge >= 0.3 is 0 Å². The van der Waals surface area contributed by atoms with E-state index in [1.807, 2.05) is 42.1 Å². The Labute approximate surface area is 88.7 Å². The fourth-order valence-electron chi connectivity index (χ4n) is 1.67. The van der Waals surface area contributed by atoms with E-state index in [1.165, 1.54) is 0 Å². The lowest BCUT2D eigenvalue weighted by atomic mass is 10.0. The van der Waals surface area contributed by atoms with E-state index < -0.39 is 0 Å². The summed E-state index contributed by atoms with van der Waals surface area (Å²) in [6.07, 6.45) is -0.371. The molecule has 1 aromatic carbocycles. The Morgan fingerprint density at radius 2 is 2.14 bits per heavy atom. The van der Waals surface area contributed by atoms with Gasteiger partial charge in [0, 0.05) is 24.1 Å². The van der Waals surface area contributed by atoms with Crippen molar-refractivity contribution < 1.29 is 5.11 Å². The van der Waals surface area contributed by atoms with Crippen LogP contribution in [0.4, 0.5) is 0 Å². The van der Waals surface area contributed by atoms with E-state index in [4.69, 9.17) is 0 Å². The van der Waals surface area contributed by atoms with Gasteiger partial charge in [-0.1, -0.05) is 30.3 Å². The van der Waals surface area contributed by atoms with Crippen LogP contribution in [0.25, 0.3) is 0 Å². The first kappa shape index (κ1) is 10.0. The zero-order chi connectivity index (χ0) is 9.80. The van der Waals surface area contributed by atoms with Crippen LogP contribution < -0.4 is 5.32 Å². The van der Waals surface area contributed by atoms with Crippen LogP contribution >= 0.6 is 11.8 Å². The molecule has 1 saturated heterocycles. The van der Waals surface area contributed by atoms with Crippen molar-refractivity contribution in [1.29, 1.82) is 0 Å². The summed E-state index contributed by atoms with van der Waals surface area (Å²) >= 11 is 1.90. The second-order valence-corrected chi connectivity index (χ2v) is 4.64. The molecular weight excluding hydrogens is 194 g/mol. The van der Waals surface area contributed by atoms with Crippen LogP contribution in [0.5, 0.6) is 0 Å². The minimum Gasteiger partial charge on any atom is -0.387 e. The van der Waals surface area contributed by atoms with Crippen molar-refractivity contribution in [3.8, 4) is 0 Å². The second kappa shape index (κ2) is 4.82. The minimum absolute atomic E-state index is 0.205. The van der Waals surface area contributed by atoms with Crippen LogP contribution in [0.1, 0.15) is 11.7 Å². The standard InChI is InChI=1S/C11H15NOS/c13-11(9-4-2-1-3-5-9)10-8-14-7-6-12-10/h1-5,10-13H,6-8H2. The van der Waals surface area contributed by atoms with Crippen molar-refractivity contribution in [3.63, 3.8) is 0 Å². The maximum Gasteiger partial charge on any atom is 0.0951 e. The molecular formula is C11H15NOS. The molecule has 1 fully saturated rings. The Hall–Kier alpha value is -0.510. The monoisotopic (exact) mass is 209 g/mol. The number of hydrogen-bond donors (Lipinski definition) is 2. The van der Waals surface area contributed by atoms with E-state index >= 15 is 0 Å². The van der Waals surface area contributed by atoms with E-state index in [0.29, 0.717) is 0 Å². The zero-order valence-corrected chi connectivity index (χ0v) is 8.83. The van der Waals surface area contributed by atoms with Crippen LogP contribution in [0, 0.1) is 0 Å². The van der Waals surface area contributed by atoms with Crippen molar-refractivity contribution in [2.45, 2.75) is 12.1 Å². The van der Waals surface area contributed by atoms with Crippen LogP contribution in [0.3, 0.4) is 0 Å². The molecule has 1 aliphatic heterocycles. The van der Waals surface area contributed by atoms with E-state index in [2.05, 4.69) is 5.32 Å². The Bertz CT molecular complexity index is 272. The summed E-state index contributed by atoms with van der Waals surface area (Å²) in [5, 5.41) is 13.4. The molecule has 1 heterocycles. The first-order chi connectivity index (χ1) is 6.88. The lowest BCUT2D eigenvalue weighted by molar-refractivity contribution is 0.138. The largest absolute Gasteiger partial charge is 0.387 e. The Morgan fingerprint density at radius 1 is 1.36 bits per heavy atom. The number of benzene rings is 1. The average molecular weight is 209 g/mol. The Kier molecular flexibility index (Phi) is 3.45. The summed E-state index contributed by atoms with van der Waals surface area (Å²) in [6.45, 7) is 0.999. The highest BCUT2D eigenvalue weighted by Gasteiger charge is 2.22. The number of aliphatic hydroxyl groups is 1. The molecule has 76 valence electrons. The van der Waals surface area contributed by atoms with Gasteiger partial charge in [-0.05, 0) is 5.56 Å². The van der Waals surface area contributed by atoms with Gasteiger partial charge in [-0.15, -0.1) is 0 Å². The molecule has 0 radical (unpaired) electrons. The first-order valence-corrected chi connectivity index (χ1v) is 6.07. The van der Waals surface area contributed by atoms with Crippen molar-refractivity contribution in [1.82, 2.24) is 5.32 Å². The third-order valence-electron chi connectivity index (χ3n) is 2.47. The molecule has 14 heavy (non-hydrogen) atoms.